The Balaban J connectivity index is 2.01. The van der Waals surface area contributed by atoms with Crippen LogP contribution >= 0.6 is 0 Å². The van der Waals surface area contributed by atoms with Crippen LogP contribution in [-0.4, -0.2) is 63.9 Å². The normalized spacial score (nSPS) is 27.8. The predicted octanol–water partition coefficient (Wildman–Crippen LogP) is 0.559. The van der Waals surface area contributed by atoms with Crippen LogP contribution in [0.1, 0.15) is 25.7 Å². The summed E-state index contributed by atoms with van der Waals surface area (Å²) >= 11 is 0. The number of methoxy groups -OCH3 is 1. The number of likely N-dealkylation sites (N-methyl/N-ethyl adjacent to an activating group) is 1. The number of aliphatic hydroxyl groups excluding tert-OH is 1. The molecule has 1 aliphatic rings. The van der Waals surface area contributed by atoms with Crippen LogP contribution in [-0.2, 0) is 14.2 Å². The number of nitrogens with one attached hydrogen (secondary N) is 1. The summed E-state index contributed by atoms with van der Waals surface area (Å²) in [6.45, 7) is 2.91. The SMILES string of the molecule is CNC1(CO)CCC(OCCCOCCOC)C1. The lowest BCUT2D eigenvalue weighted by Gasteiger charge is -2.26. The van der Waals surface area contributed by atoms with Gasteiger partial charge in [0.1, 0.15) is 0 Å². The first-order valence-electron chi connectivity index (χ1n) is 6.74. The average molecular weight is 261 g/mol. The van der Waals surface area contributed by atoms with E-state index in [1.807, 2.05) is 7.05 Å². The Morgan fingerprint density at radius 1 is 1.28 bits per heavy atom. The van der Waals surface area contributed by atoms with Crippen molar-refractivity contribution in [3.8, 4) is 0 Å². The van der Waals surface area contributed by atoms with Gasteiger partial charge >= 0.3 is 0 Å². The molecule has 5 heteroatoms. The number of ether oxygens (including phenoxy) is 3. The van der Waals surface area contributed by atoms with Gasteiger partial charge in [-0.3, -0.25) is 0 Å². The standard InChI is InChI=1S/C13H27NO4/c1-14-13(11-15)5-4-12(10-13)18-7-3-6-17-9-8-16-2/h12,14-15H,3-11H2,1-2H3. The summed E-state index contributed by atoms with van der Waals surface area (Å²) in [7, 11) is 3.57. The maximum absolute atomic E-state index is 9.38. The topological polar surface area (TPSA) is 60.0 Å². The van der Waals surface area contributed by atoms with Gasteiger partial charge < -0.3 is 24.6 Å². The molecular weight excluding hydrogens is 234 g/mol. The van der Waals surface area contributed by atoms with Crippen molar-refractivity contribution in [3.05, 3.63) is 0 Å². The van der Waals surface area contributed by atoms with E-state index in [4.69, 9.17) is 14.2 Å². The van der Waals surface area contributed by atoms with E-state index in [0.717, 1.165) is 32.3 Å². The van der Waals surface area contributed by atoms with Crippen molar-refractivity contribution in [1.29, 1.82) is 0 Å². The fourth-order valence-corrected chi connectivity index (χ4v) is 2.32. The zero-order valence-corrected chi connectivity index (χ0v) is 11.6. The van der Waals surface area contributed by atoms with Crippen LogP contribution < -0.4 is 5.32 Å². The van der Waals surface area contributed by atoms with Gasteiger partial charge in [0.15, 0.2) is 0 Å². The third kappa shape index (κ3) is 5.20. The van der Waals surface area contributed by atoms with Crippen molar-refractivity contribution in [2.45, 2.75) is 37.3 Å². The van der Waals surface area contributed by atoms with E-state index in [-0.39, 0.29) is 18.2 Å². The van der Waals surface area contributed by atoms with Crippen molar-refractivity contribution in [2.24, 2.45) is 0 Å². The highest BCUT2D eigenvalue weighted by Crippen LogP contribution is 2.31. The van der Waals surface area contributed by atoms with Gasteiger partial charge in [-0.25, -0.2) is 0 Å². The third-order valence-corrected chi connectivity index (χ3v) is 3.61. The van der Waals surface area contributed by atoms with Crippen molar-refractivity contribution < 1.29 is 19.3 Å². The Hall–Kier alpha value is -0.200. The maximum atomic E-state index is 9.38. The van der Waals surface area contributed by atoms with Gasteiger partial charge in [-0.15, -0.1) is 0 Å². The molecule has 1 aliphatic carbocycles. The first-order chi connectivity index (χ1) is 8.76. The van der Waals surface area contributed by atoms with Gasteiger partial charge in [0.05, 0.1) is 25.9 Å². The molecule has 2 atom stereocenters. The molecule has 0 aromatic rings. The van der Waals surface area contributed by atoms with Crippen molar-refractivity contribution in [2.75, 3.05) is 47.2 Å². The smallest absolute Gasteiger partial charge is 0.0700 e. The van der Waals surface area contributed by atoms with E-state index < -0.39 is 0 Å². The second-order valence-corrected chi connectivity index (χ2v) is 4.88. The van der Waals surface area contributed by atoms with Crippen molar-refractivity contribution in [1.82, 2.24) is 5.32 Å². The van der Waals surface area contributed by atoms with Crippen LogP contribution in [0, 0.1) is 0 Å². The van der Waals surface area contributed by atoms with Gasteiger partial charge in [-0.2, -0.15) is 0 Å². The Labute approximate surface area is 110 Å². The molecule has 2 N–H and O–H groups in total. The molecule has 0 bridgehead atoms. The van der Waals surface area contributed by atoms with Gasteiger partial charge in [0, 0.05) is 25.9 Å². The molecule has 0 aromatic heterocycles. The monoisotopic (exact) mass is 261 g/mol. The second kappa shape index (κ2) is 8.82. The predicted molar refractivity (Wildman–Crippen MR) is 69.8 cm³/mol. The lowest BCUT2D eigenvalue weighted by Crippen LogP contribution is -2.44. The minimum atomic E-state index is -0.125. The molecule has 1 fully saturated rings. The minimum absolute atomic E-state index is 0.125. The summed E-state index contributed by atoms with van der Waals surface area (Å²) in [5.41, 5.74) is -0.125. The van der Waals surface area contributed by atoms with Crippen LogP contribution in [0.15, 0.2) is 0 Å². The minimum Gasteiger partial charge on any atom is -0.394 e. The van der Waals surface area contributed by atoms with Gasteiger partial charge in [0.2, 0.25) is 0 Å². The summed E-state index contributed by atoms with van der Waals surface area (Å²) in [5.74, 6) is 0. The Bertz CT molecular complexity index is 209. The second-order valence-electron chi connectivity index (χ2n) is 4.88. The van der Waals surface area contributed by atoms with E-state index in [9.17, 15) is 5.11 Å². The molecule has 0 heterocycles. The lowest BCUT2D eigenvalue weighted by atomic mass is 9.99. The first kappa shape index (κ1) is 15.9. The van der Waals surface area contributed by atoms with E-state index in [1.165, 1.54) is 0 Å². The molecule has 1 rings (SSSR count). The highest BCUT2D eigenvalue weighted by Gasteiger charge is 2.37. The number of hydrogen-bond acceptors (Lipinski definition) is 5. The Morgan fingerprint density at radius 2 is 2.11 bits per heavy atom. The molecule has 5 nitrogen and oxygen atoms in total. The van der Waals surface area contributed by atoms with E-state index >= 15 is 0 Å². The summed E-state index contributed by atoms with van der Waals surface area (Å²) < 4.78 is 16.1. The fraction of sp³-hybridized carbons (Fsp3) is 1.00. The molecule has 18 heavy (non-hydrogen) atoms. The molecule has 108 valence electrons. The Kier molecular flexibility index (Phi) is 7.77. The van der Waals surface area contributed by atoms with E-state index in [0.29, 0.717) is 19.8 Å². The molecule has 0 aliphatic heterocycles. The van der Waals surface area contributed by atoms with E-state index in [1.54, 1.807) is 7.11 Å². The summed E-state index contributed by atoms with van der Waals surface area (Å²) in [6, 6.07) is 0. The summed E-state index contributed by atoms with van der Waals surface area (Å²) in [6.07, 6.45) is 4.07. The molecular formula is C13H27NO4. The molecule has 1 saturated carbocycles. The molecule has 2 unspecified atom stereocenters. The van der Waals surface area contributed by atoms with Crippen LogP contribution in [0.25, 0.3) is 0 Å². The molecule has 0 aromatic carbocycles. The van der Waals surface area contributed by atoms with E-state index in [2.05, 4.69) is 5.32 Å². The molecule has 0 amide bonds. The molecule has 0 saturated heterocycles. The lowest BCUT2D eigenvalue weighted by molar-refractivity contribution is 0.0213. The van der Waals surface area contributed by atoms with Crippen LogP contribution in [0.2, 0.25) is 0 Å². The molecule has 0 radical (unpaired) electrons. The first-order valence-corrected chi connectivity index (χ1v) is 6.74. The van der Waals surface area contributed by atoms with Crippen LogP contribution in [0.4, 0.5) is 0 Å². The number of hydrogen-bond donors (Lipinski definition) is 2. The highest BCUT2D eigenvalue weighted by molar-refractivity contribution is 4.95. The van der Waals surface area contributed by atoms with Crippen molar-refractivity contribution >= 4 is 0 Å². The van der Waals surface area contributed by atoms with Crippen LogP contribution in [0.5, 0.6) is 0 Å². The summed E-state index contributed by atoms with van der Waals surface area (Å²) in [5, 5.41) is 12.6. The summed E-state index contributed by atoms with van der Waals surface area (Å²) in [4.78, 5) is 0. The quantitative estimate of drug-likeness (QED) is 0.563. The van der Waals surface area contributed by atoms with Crippen molar-refractivity contribution in [3.63, 3.8) is 0 Å². The maximum Gasteiger partial charge on any atom is 0.0700 e. The zero-order chi connectivity index (χ0) is 13.3. The fourth-order valence-electron chi connectivity index (χ4n) is 2.32. The van der Waals surface area contributed by atoms with Gasteiger partial charge in [-0.05, 0) is 32.7 Å². The third-order valence-electron chi connectivity index (χ3n) is 3.61. The zero-order valence-electron chi connectivity index (χ0n) is 11.6. The Morgan fingerprint density at radius 3 is 2.72 bits per heavy atom. The average Bonchev–Trinajstić information content (AvgIpc) is 2.82. The largest absolute Gasteiger partial charge is 0.394 e. The highest BCUT2D eigenvalue weighted by atomic mass is 16.5. The molecule has 0 spiro atoms. The van der Waals surface area contributed by atoms with Gasteiger partial charge in [-0.1, -0.05) is 0 Å². The van der Waals surface area contributed by atoms with Crippen LogP contribution in [0.3, 0.4) is 0 Å². The number of aliphatic hydroxyl groups is 1. The number of rotatable bonds is 10. The van der Waals surface area contributed by atoms with Gasteiger partial charge in [0.25, 0.3) is 0 Å².